The smallest absolute Gasteiger partial charge is 0.310 e. The molecule has 0 unspecified atom stereocenters. The Hall–Kier alpha value is -0.650. The fourth-order valence-electron chi connectivity index (χ4n) is 0.587. The normalized spacial score (nSPS) is 10.9. The van der Waals surface area contributed by atoms with Crippen LogP contribution >= 0.6 is 22.6 Å². The number of carbonyl (C=O) groups excluding carboxylic acids is 2. The summed E-state index contributed by atoms with van der Waals surface area (Å²) in [6.45, 7) is 6.71. The average Bonchev–Trinajstić information content (AvgIpc) is 2.13. The van der Waals surface area contributed by atoms with Crippen molar-refractivity contribution in [1.29, 1.82) is 0 Å². The van der Waals surface area contributed by atoms with Crippen molar-refractivity contribution < 1.29 is 14.3 Å². The van der Waals surface area contributed by atoms with E-state index in [-0.39, 0.29) is 24.8 Å². The topological polar surface area (TPSA) is 43.4 Å². The second-order valence-corrected chi connectivity index (χ2v) is 3.58. The van der Waals surface area contributed by atoms with Crippen molar-refractivity contribution in [3.05, 3.63) is 21.8 Å². The molecule has 0 amide bonds. The van der Waals surface area contributed by atoms with Crippen LogP contribution in [0.3, 0.4) is 0 Å². The van der Waals surface area contributed by atoms with E-state index >= 15 is 0 Å². The molecular formula is C10H13IO3. The van der Waals surface area contributed by atoms with Crippen LogP contribution in [0.1, 0.15) is 20.3 Å². The molecule has 0 radical (unpaired) electrons. The molecule has 0 spiro atoms. The molecule has 0 rings (SSSR count). The van der Waals surface area contributed by atoms with Gasteiger partial charge >= 0.3 is 5.97 Å². The summed E-state index contributed by atoms with van der Waals surface area (Å²) in [6.07, 6.45) is 0.258. The molecule has 0 N–H and O–H groups in total. The average molecular weight is 308 g/mol. The van der Waals surface area contributed by atoms with Gasteiger partial charge < -0.3 is 4.74 Å². The summed E-state index contributed by atoms with van der Waals surface area (Å²) in [5, 5.41) is 0. The molecule has 0 fully saturated rings. The zero-order valence-corrected chi connectivity index (χ0v) is 10.5. The number of hydrogen-bond donors (Lipinski definition) is 0. The third kappa shape index (κ3) is 5.90. The predicted molar refractivity (Wildman–Crippen MR) is 63.2 cm³/mol. The maximum Gasteiger partial charge on any atom is 0.310 e. The van der Waals surface area contributed by atoms with Crippen molar-refractivity contribution in [1.82, 2.24) is 0 Å². The Balaban J connectivity index is 3.86. The minimum Gasteiger partial charge on any atom is -0.460 e. The minimum absolute atomic E-state index is 0.0112. The van der Waals surface area contributed by atoms with Gasteiger partial charge in [-0.05, 0) is 17.9 Å². The van der Waals surface area contributed by atoms with Crippen LogP contribution in [-0.4, -0.2) is 18.4 Å². The number of ether oxygens (including phenoxy) is 1. The van der Waals surface area contributed by atoms with Crippen LogP contribution in [0.5, 0.6) is 0 Å². The molecule has 0 saturated carbocycles. The Bertz CT molecular complexity index is 279. The Morgan fingerprint density at radius 1 is 1.43 bits per heavy atom. The van der Waals surface area contributed by atoms with E-state index in [4.69, 9.17) is 4.74 Å². The lowest BCUT2D eigenvalue weighted by molar-refractivity contribution is -0.141. The van der Waals surface area contributed by atoms with Crippen molar-refractivity contribution in [2.24, 2.45) is 0 Å². The molecule has 0 aliphatic carbocycles. The number of ketones is 1. The van der Waals surface area contributed by atoms with E-state index in [1.165, 1.54) is 6.92 Å². The second kappa shape index (κ2) is 6.75. The first-order chi connectivity index (χ1) is 6.47. The van der Waals surface area contributed by atoms with Crippen LogP contribution in [0.25, 0.3) is 0 Å². The molecule has 0 aliphatic heterocycles. The number of rotatable bonds is 5. The highest BCUT2D eigenvalue weighted by Gasteiger charge is 2.06. The molecule has 3 nitrogen and oxygen atoms in total. The Kier molecular flexibility index (Phi) is 6.44. The lowest BCUT2D eigenvalue weighted by Gasteiger charge is -2.04. The van der Waals surface area contributed by atoms with Gasteiger partial charge in [0.15, 0.2) is 5.78 Å². The molecule has 78 valence electrons. The van der Waals surface area contributed by atoms with Gasteiger partial charge in [0.2, 0.25) is 0 Å². The lowest BCUT2D eigenvalue weighted by Crippen LogP contribution is -2.10. The summed E-state index contributed by atoms with van der Waals surface area (Å²) in [4.78, 5) is 21.9. The summed E-state index contributed by atoms with van der Waals surface area (Å²) < 4.78 is 6.65. The molecule has 0 aromatic rings. The quantitative estimate of drug-likeness (QED) is 0.445. The molecule has 4 heteroatoms. The molecule has 0 aromatic carbocycles. The third-order valence-corrected chi connectivity index (χ3v) is 2.58. The molecule has 0 bridgehead atoms. The van der Waals surface area contributed by atoms with E-state index in [0.717, 1.165) is 5.57 Å². The minimum atomic E-state index is -0.335. The molecule has 0 saturated heterocycles. The highest BCUT2D eigenvalue weighted by Crippen LogP contribution is 2.05. The van der Waals surface area contributed by atoms with Crippen molar-refractivity contribution in [2.75, 3.05) is 6.61 Å². The number of halogens is 1. The number of hydrogen-bond acceptors (Lipinski definition) is 3. The van der Waals surface area contributed by atoms with Gasteiger partial charge in [-0.2, -0.15) is 0 Å². The standard InChI is InChI=1S/C10H13IO3/c1-7(5-11)4-10(13)14-6-8(2)9(3)12/h5H,2,4,6H2,1,3H3/b7-5+. The van der Waals surface area contributed by atoms with Crippen LogP contribution in [0.2, 0.25) is 0 Å². The van der Waals surface area contributed by atoms with E-state index in [2.05, 4.69) is 29.2 Å². The maximum absolute atomic E-state index is 11.1. The van der Waals surface area contributed by atoms with E-state index in [1.807, 2.05) is 11.0 Å². The number of Topliss-reactive ketones (excluding diaryl/α,β-unsaturated/α-hetero) is 1. The Morgan fingerprint density at radius 3 is 2.43 bits per heavy atom. The molecule has 0 atom stereocenters. The van der Waals surface area contributed by atoms with Crippen LogP contribution in [-0.2, 0) is 14.3 Å². The zero-order valence-electron chi connectivity index (χ0n) is 8.30. The molecule has 0 aromatic heterocycles. The lowest BCUT2D eigenvalue weighted by atomic mass is 10.2. The molecular weight excluding hydrogens is 295 g/mol. The molecule has 0 aliphatic rings. The molecule has 0 heterocycles. The predicted octanol–water partition coefficient (Wildman–Crippen LogP) is 2.40. The van der Waals surface area contributed by atoms with Crippen molar-refractivity contribution in [3.63, 3.8) is 0 Å². The first-order valence-corrected chi connectivity index (χ1v) is 5.32. The van der Waals surface area contributed by atoms with Crippen LogP contribution in [0.4, 0.5) is 0 Å². The van der Waals surface area contributed by atoms with Crippen LogP contribution in [0.15, 0.2) is 21.8 Å². The van der Waals surface area contributed by atoms with Crippen LogP contribution < -0.4 is 0 Å². The van der Waals surface area contributed by atoms with E-state index < -0.39 is 0 Å². The summed E-state index contributed by atoms with van der Waals surface area (Å²) in [5.41, 5.74) is 1.25. The van der Waals surface area contributed by atoms with Gasteiger partial charge in [0.05, 0.1) is 6.42 Å². The number of esters is 1. The van der Waals surface area contributed by atoms with E-state index in [9.17, 15) is 9.59 Å². The van der Waals surface area contributed by atoms with Gasteiger partial charge in [0.25, 0.3) is 0 Å². The van der Waals surface area contributed by atoms with Crippen molar-refractivity contribution >= 4 is 34.3 Å². The van der Waals surface area contributed by atoms with Gasteiger partial charge in [-0.1, -0.05) is 34.7 Å². The van der Waals surface area contributed by atoms with Crippen molar-refractivity contribution in [2.45, 2.75) is 20.3 Å². The summed E-state index contributed by atoms with van der Waals surface area (Å²) in [7, 11) is 0. The second-order valence-electron chi connectivity index (χ2n) is 2.95. The summed E-state index contributed by atoms with van der Waals surface area (Å²) in [6, 6.07) is 0. The van der Waals surface area contributed by atoms with Crippen molar-refractivity contribution in [3.8, 4) is 0 Å². The zero-order chi connectivity index (χ0) is 11.1. The van der Waals surface area contributed by atoms with Gasteiger partial charge in [-0.15, -0.1) is 0 Å². The fraction of sp³-hybridized carbons (Fsp3) is 0.400. The third-order valence-electron chi connectivity index (χ3n) is 1.51. The first kappa shape index (κ1) is 13.4. The fourth-order valence-corrected chi connectivity index (χ4v) is 0.807. The van der Waals surface area contributed by atoms with Gasteiger partial charge in [-0.25, -0.2) is 0 Å². The summed E-state index contributed by atoms with van der Waals surface area (Å²) in [5.74, 6) is -0.489. The maximum atomic E-state index is 11.1. The van der Waals surface area contributed by atoms with Gasteiger partial charge in [0, 0.05) is 5.57 Å². The summed E-state index contributed by atoms with van der Waals surface area (Å²) >= 11 is 2.06. The Morgan fingerprint density at radius 2 is 2.00 bits per heavy atom. The monoisotopic (exact) mass is 308 g/mol. The van der Waals surface area contributed by atoms with E-state index in [1.54, 1.807) is 0 Å². The largest absolute Gasteiger partial charge is 0.460 e. The van der Waals surface area contributed by atoms with E-state index in [0.29, 0.717) is 5.57 Å². The Labute approximate surface area is 97.3 Å². The first-order valence-electron chi connectivity index (χ1n) is 4.07. The van der Waals surface area contributed by atoms with Crippen LogP contribution in [0, 0.1) is 0 Å². The highest BCUT2D eigenvalue weighted by molar-refractivity contribution is 14.1. The number of carbonyl (C=O) groups is 2. The van der Waals surface area contributed by atoms with Gasteiger partial charge in [0.1, 0.15) is 6.61 Å². The highest BCUT2D eigenvalue weighted by atomic mass is 127. The van der Waals surface area contributed by atoms with Gasteiger partial charge in [-0.3, -0.25) is 9.59 Å². The SMILES string of the molecule is C=C(COC(=O)C/C(C)=C/I)C(C)=O. The molecule has 14 heavy (non-hydrogen) atoms.